The first-order valence-electron chi connectivity index (χ1n) is 5.46. The first kappa shape index (κ1) is 14.3. The molecule has 0 spiro atoms. The molecule has 0 radical (unpaired) electrons. The van der Waals surface area contributed by atoms with Crippen LogP contribution in [0.15, 0.2) is 24.3 Å². The lowest BCUT2D eigenvalue weighted by atomic mass is 10.1. The number of carboxylic acid groups (broad SMARTS) is 1. The highest BCUT2D eigenvalue weighted by Crippen LogP contribution is 2.29. The molecule has 0 heterocycles. The molecular weight excluding hydrogens is 247 g/mol. The average molecular weight is 260 g/mol. The number of benzene rings is 1. The van der Waals surface area contributed by atoms with Gasteiger partial charge in [-0.3, -0.25) is 0 Å². The van der Waals surface area contributed by atoms with Gasteiger partial charge in [-0.05, 0) is 30.7 Å². The van der Waals surface area contributed by atoms with Gasteiger partial charge in [0, 0.05) is 24.1 Å². The minimum atomic E-state index is -4.37. The molecule has 1 N–H and O–H groups in total. The van der Waals surface area contributed by atoms with Crippen molar-refractivity contribution >= 4 is 11.7 Å². The third kappa shape index (κ3) is 4.27. The van der Waals surface area contributed by atoms with Crippen molar-refractivity contribution in [1.29, 1.82) is 0 Å². The minimum absolute atomic E-state index is 0.183. The predicted molar refractivity (Wildman–Crippen MR) is 58.8 cm³/mol. The summed E-state index contributed by atoms with van der Waals surface area (Å²) in [4.78, 5) is 10.4. The van der Waals surface area contributed by atoms with E-state index in [0.29, 0.717) is 12.1 Å². The van der Waals surface area contributed by atoms with Gasteiger partial charge in [0.15, 0.2) is 0 Å². The maximum Gasteiger partial charge on any atom is 0.416 e. The fraction of sp³-hybridized carbons (Fsp3) is 0.417. The molecular formula is C12H13F3NO2-. The topological polar surface area (TPSA) is 52.2 Å². The lowest BCUT2D eigenvalue weighted by Crippen LogP contribution is -2.31. The highest BCUT2D eigenvalue weighted by Gasteiger charge is 2.29. The predicted octanol–water partition coefficient (Wildman–Crippen LogP) is 2.04. The summed E-state index contributed by atoms with van der Waals surface area (Å²) < 4.78 is 36.9. The first-order chi connectivity index (χ1) is 8.32. The summed E-state index contributed by atoms with van der Waals surface area (Å²) in [5, 5.41) is 13.3. The number of carbonyl (C=O) groups is 1. The van der Waals surface area contributed by atoms with Crippen molar-refractivity contribution in [3.8, 4) is 0 Å². The Morgan fingerprint density at radius 1 is 1.33 bits per heavy atom. The number of hydrogen-bond acceptors (Lipinski definition) is 3. The first-order valence-corrected chi connectivity index (χ1v) is 5.46. The highest BCUT2D eigenvalue weighted by molar-refractivity contribution is 5.66. The van der Waals surface area contributed by atoms with E-state index in [9.17, 15) is 23.1 Å². The molecule has 6 heteroatoms. The van der Waals surface area contributed by atoms with Crippen LogP contribution in [0, 0.1) is 0 Å². The van der Waals surface area contributed by atoms with Crippen molar-refractivity contribution in [2.75, 3.05) is 5.32 Å². The van der Waals surface area contributed by atoms with E-state index in [1.807, 2.05) is 0 Å². The summed E-state index contributed by atoms with van der Waals surface area (Å²) in [7, 11) is 0. The third-order valence-electron chi connectivity index (χ3n) is 2.49. The third-order valence-corrected chi connectivity index (χ3v) is 2.49. The number of aliphatic carboxylic acids is 1. The SMILES string of the molecule is CC[C@H](CC(=O)[O-])Nc1ccc(C(F)(F)F)cc1. The van der Waals surface area contributed by atoms with E-state index in [-0.39, 0.29) is 12.5 Å². The van der Waals surface area contributed by atoms with Crippen LogP contribution in [0.3, 0.4) is 0 Å². The Labute approximate surface area is 103 Å². The van der Waals surface area contributed by atoms with Crippen molar-refractivity contribution in [1.82, 2.24) is 0 Å². The molecule has 1 aromatic carbocycles. The molecule has 0 unspecified atom stereocenters. The van der Waals surface area contributed by atoms with Crippen LogP contribution in [0.1, 0.15) is 25.3 Å². The van der Waals surface area contributed by atoms with Gasteiger partial charge in [0.2, 0.25) is 0 Å². The smallest absolute Gasteiger partial charge is 0.416 e. The van der Waals surface area contributed by atoms with Crippen molar-refractivity contribution in [2.45, 2.75) is 32.0 Å². The zero-order valence-corrected chi connectivity index (χ0v) is 9.75. The highest BCUT2D eigenvalue weighted by atomic mass is 19.4. The fourth-order valence-electron chi connectivity index (χ4n) is 1.49. The Balaban J connectivity index is 2.71. The molecule has 0 aliphatic carbocycles. The molecule has 18 heavy (non-hydrogen) atoms. The number of anilines is 1. The van der Waals surface area contributed by atoms with E-state index in [4.69, 9.17) is 0 Å². The van der Waals surface area contributed by atoms with Gasteiger partial charge in [0.25, 0.3) is 0 Å². The van der Waals surface area contributed by atoms with Gasteiger partial charge >= 0.3 is 6.18 Å². The number of alkyl halides is 3. The average Bonchev–Trinajstić information content (AvgIpc) is 2.27. The largest absolute Gasteiger partial charge is 0.550 e. The zero-order valence-electron chi connectivity index (χ0n) is 9.75. The normalized spacial score (nSPS) is 13.1. The van der Waals surface area contributed by atoms with E-state index in [0.717, 1.165) is 12.1 Å². The summed E-state index contributed by atoms with van der Waals surface area (Å²) in [6, 6.07) is 4.11. The van der Waals surface area contributed by atoms with Crippen LogP contribution in [-0.2, 0) is 11.0 Å². The van der Waals surface area contributed by atoms with E-state index >= 15 is 0 Å². The molecule has 0 aliphatic rings. The second-order valence-electron chi connectivity index (χ2n) is 3.90. The Kier molecular flexibility index (Phi) is 4.58. The van der Waals surface area contributed by atoms with Crippen LogP contribution >= 0.6 is 0 Å². The van der Waals surface area contributed by atoms with Crippen molar-refractivity contribution in [3.63, 3.8) is 0 Å². The molecule has 1 rings (SSSR count). The van der Waals surface area contributed by atoms with Crippen LogP contribution in [0.2, 0.25) is 0 Å². The van der Waals surface area contributed by atoms with Crippen molar-refractivity contribution in [2.24, 2.45) is 0 Å². The molecule has 3 nitrogen and oxygen atoms in total. The minimum Gasteiger partial charge on any atom is -0.550 e. The van der Waals surface area contributed by atoms with Gasteiger partial charge in [-0.1, -0.05) is 6.92 Å². The van der Waals surface area contributed by atoms with E-state index in [1.165, 1.54) is 12.1 Å². The molecule has 1 aromatic rings. The lowest BCUT2D eigenvalue weighted by molar-refractivity contribution is -0.305. The number of nitrogens with one attached hydrogen (secondary N) is 1. The molecule has 0 saturated carbocycles. The van der Waals surface area contributed by atoms with Crippen LogP contribution < -0.4 is 10.4 Å². The monoisotopic (exact) mass is 260 g/mol. The Morgan fingerprint density at radius 3 is 2.28 bits per heavy atom. The molecule has 1 atom stereocenters. The summed E-state index contributed by atoms with van der Waals surface area (Å²) in [6.45, 7) is 1.78. The van der Waals surface area contributed by atoms with Gasteiger partial charge in [-0.25, -0.2) is 0 Å². The number of carbonyl (C=O) groups excluding carboxylic acids is 1. The van der Waals surface area contributed by atoms with Gasteiger partial charge in [-0.2, -0.15) is 13.2 Å². The summed E-state index contributed by atoms with van der Waals surface area (Å²) in [5.41, 5.74) is -0.280. The lowest BCUT2D eigenvalue weighted by Gasteiger charge is -2.19. The summed E-state index contributed by atoms with van der Waals surface area (Å²) >= 11 is 0. The second kappa shape index (κ2) is 5.75. The molecule has 0 aromatic heterocycles. The number of rotatable bonds is 5. The van der Waals surface area contributed by atoms with Crippen LogP contribution in [0.4, 0.5) is 18.9 Å². The van der Waals surface area contributed by atoms with Gasteiger partial charge < -0.3 is 15.2 Å². The molecule has 0 aliphatic heterocycles. The van der Waals surface area contributed by atoms with Crippen molar-refractivity contribution in [3.05, 3.63) is 29.8 Å². The molecule has 0 saturated heterocycles. The number of halogens is 3. The maximum atomic E-state index is 12.3. The van der Waals surface area contributed by atoms with Crippen LogP contribution in [0.5, 0.6) is 0 Å². The van der Waals surface area contributed by atoms with Gasteiger partial charge in [-0.15, -0.1) is 0 Å². The van der Waals surface area contributed by atoms with Crippen molar-refractivity contribution < 1.29 is 23.1 Å². The number of carboxylic acids is 1. The second-order valence-corrected chi connectivity index (χ2v) is 3.90. The van der Waals surface area contributed by atoms with E-state index in [2.05, 4.69) is 5.32 Å². The Morgan fingerprint density at radius 2 is 1.89 bits per heavy atom. The molecule has 100 valence electrons. The Bertz CT molecular complexity index is 401. The fourth-order valence-corrected chi connectivity index (χ4v) is 1.49. The van der Waals surface area contributed by atoms with Crippen LogP contribution in [0.25, 0.3) is 0 Å². The summed E-state index contributed by atoms with van der Waals surface area (Å²) in [6.07, 6.45) is -4.01. The Hall–Kier alpha value is -1.72. The molecule has 0 bridgehead atoms. The zero-order chi connectivity index (χ0) is 13.8. The van der Waals surface area contributed by atoms with E-state index < -0.39 is 17.7 Å². The van der Waals surface area contributed by atoms with Crippen LogP contribution in [-0.4, -0.2) is 12.0 Å². The van der Waals surface area contributed by atoms with Gasteiger partial charge in [0.1, 0.15) is 0 Å². The maximum absolute atomic E-state index is 12.3. The summed E-state index contributed by atoms with van der Waals surface area (Å²) in [5.74, 6) is -1.19. The number of hydrogen-bond donors (Lipinski definition) is 1. The van der Waals surface area contributed by atoms with Gasteiger partial charge in [0.05, 0.1) is 5.56 Å². The molecule has 0 amide bonds. The van der Waals surface area contributed by atoms with E-state index in [1.54, 1.807) is 6.92 Å². The standard InChI is InChI=1S/C12H14F3NO2/c1-2-9(7-11(17)18)16-10-5-3-8(4-6-10)12(13,14)15/h3-6,9,16H,2,7H2,1H3,(H,17,18)/p-1/t9-/m1/s1. The molecule has 0 fully saturated rings. The quantitative estimate of drug-likeness (QED) is 0.881.